The molecule has 0 atom stereocenters. The highest BCUT2D eigenvalue weighted by atomic mass is 14.9. The molecule has 5 rings (SSSR count). The molecular weight excluding hydrogens is 392 g/mol. The lowest BCUT2D eigenvalue weighted by molar-refractivity contribution is 0.442. The van der Waals surface area contributed by atoms with Gasteiger partial charge in [0.25, 0.3) is 0 Å². The monoisotopic (exact) mass is 426 g/mol. The highest BCUT2D eigenvalue weighted by Crippen LogP contribution is 2.36. The van der Waals surface area contributed by atoms with Crippen molar-refractivity contribution >= 4 is 22.8 Å². The number of para-hydroxylation sites is 1. The number of rotatable bonds is 4. The molecule has 4 nitrogen and oxygen atoms in total. The van der Waals surface area contributed by atoms with Crippen molar-refractivity contribution in [2.24, 2.45) is 15.7 Å². The Labute approximate surface area is 191 Å². The van der Waals surface area contributed by atoms with E-state index in [-0.39, 0.29) is 0 Å². The lowest BCUT2D eigenvalue weighted by atomic mass is 9.93. The molecule has 3 N–H and O–H groups in total. The Morgan fingerprint density at radius 1 is 1.09 bits per heavy atom. The molecule has 0 amide bonds. The zero-order valence-electron chi connectivity index (χ0n) is 19.2. The van der Waals surface area contributed by atoms with Crippen LogP contribution in [0.1, 0.15) is 67.7 Å². The van der Waals surface area contributed by atoms with Crippen molar-refractivity contribution in [3.05, 3.63) is 70.3 Å². The Bertz CT molecular complexity index is 1070. The number of hydrogen-bond donors (Lipinski definition) is 2. The smallest absolute Gasteiger partial charge is 0.0762 e. The van der Waals surface area contributed by atoms with Gasteiger partial charge in [-0.2, -0.15) is 0 Å². The van der Waals surface area contributed by atoms with Crippen molar-refractivity contribution in [3.8, 4) is 0 Å². The Morgan fingerprint density at radius 2 is 1.91 bits per heavy atom. The van der Waals surface area contributed by atoms with Gasteiger partial charge in [0, 0.05) is 48.5 Å². The number of aliphatic imine (C=N–C) groups is 2. The van der Waals surface area contributed by atoms with Crippen molar-refractivity contribution < 1.29 is 0 Å². The number of nitrogens with zero attached hydrogens (tertiary/aromatic N) is 2. The number of benzene rings is 2. The second kappa shape index (κ2) is 9.41. The van der Waals surface area contributed by atoms with E-state index in [1.165, 1.54) is 60.1 Å². The average Bonchev–Trinajstić information content (AvgIpc) is 3.29. The van der Waals surface area contributed by atoms with Gasteiger partial charge in [0.15, 0.2) is 0 Å². The molecule has 2 aliphatic heterocycles. The predicted octanol–water partition coefficient (Wildman–Crippen LogP) is 5.36. The van der Waals surface area contributed by atoms with Crippen molar-refractivity contribution in [1.29, 1.82) is 0 Å². The normalized spacial score (nSPS) is 22.0. The zero-order valence-corrected chi connectivity index (χ0v) is 19.2. The summed E-state index contributed by atoms with van der Waals surface area (Å²) in [6.07, 6.45) is 9.27. The average molecular weight is 427 g/mol. The summed E-state index contributed by atoms with van der Waals surface area (Å²) >= 11 is 0. The molecule has 166 valence electrons. The fourth-order valence-corrected chi connectivity index (χ4v) is 5.20. The van der Waals surface area contributed by atoms with Gasteiger partial charge in [0.2, 0.25) is 0 Å². The van der Waals surface area contributed by atoms with Gasteiger partial charge in [-0.15, -0.1) is 0 Å². The fraction of sp³-hybridized carbons (Fsp3) is 0.429. The van der Waals surface area contributed by atoms with E-state index in [0.717, 1.165) is 55.0 Å². The maximum absolute atomic E-state index is 6.85. The third-order valence-electron chi connectivity index (χ3n) is 7.14. The highest BCUT2D eigenvalue weighted by molar-refractivity contribution is 6.10. The Morgan fingerprint density at radius 3 is 2.69 bits per heavy atom. The number of fused-ring (bicyclic) bond motifs is 1. The molecule has 0 unspecified atom stereocenters. The maximum Gasteiger partial charge on any atom is 0.0762 e. The summed E-state index contributed by atoms with van der Waals surface area (Å²) in [4.78, 5) is 10.3. The standard InChI is InChI=1S/C28H34N4/c1-2-19-11-13-20(14-12-19)26-17-21-7-6-10-23(28(21)32-26)27(29)24-18-30-16-15-25(24)31-22-8-4-3-5-9-22/h6-7,10-14,22,30H,2-5,8-9,15-18,29H2,1H3. The van der Waals surface area contributed by atoms with Crippen molar-refractivity contribution in [1.82, 2.24) is 5.32 Å². The van der Waals surface area contributed by atoms with Crippen LogP contribution in [0.2, 0.25) is 0 Å². The van der Waals surface area contributed by atoms with E-state index in [2.05, 4.69) is 54.7 Å². The molecule has 4 heteroatoms. The molecule has 2 aromatic carbocycles. The van der Waals surface area contributed by atoms with Crippen LogP contribution >= 0.6 is 0 Å². The number of piperidine rings is 1. The molecule has 2 heterocycles. The summed E-state index contributed by atoms with van der Waals surface area (Å²) < 4.78 is 0. The van der Waals surface area contributed by atoms with E-state index in [1.54, 1.807) is 0 Å². The van der Waals surface area contributed by atoms with Gasteiger partial charge in [0.05, 0.1) is 17.4 Å². The molecular formula is C28H34N4. The first kappa shape index (κ1) is 21.1. The molecule has 0 bridgehead atoms. The van der Waals surface area contributed by atoms with Crippen molar-refractivity contribution in [2.75, 3.05) is 13.1 Å². The lowest BCUT2D eigenvalue weighted by Gasteiger charge is -2.25. The second-order valence-electron chi connectivity index (χ2n) is 9.29. The summed E-state index contributed by atoms with van der Waals surface area (Å²) in [5.41, 5.74) is 17.1. The van der Waals surface area contributed by atoms with Gasteiger partial charge in [-0.1, -0.05) is 68.7 Å². The Balaban J connectivity index is 1.50. The summed E-state index contributed by atoms with van der Waals surface area (Å²) in [6, 6.07) is 15.7. The van der Waals surface area contributed by atoms with E-state index < -0.39 is 0 Å². The first-order valence-electron chi connectivity index (χ1n) is 12.3. The van der Waals surface area contributed by atoms with Crippen molar-refractivity contribution in [2.45, 2.75) is 64.3 Å². The molecule has 1 saturated heterocycles. The SMILES string of the molecule is CCc1ccc(C2=Nc3c(cccc3C(N)=C3CNCCC3=NC3CCCCC3)C2)cc1. The molecule has 1 aliphatic carbocycles. The van der Waals surface area contributed by atoms with E-state index in [0.29, 0.717) is 6.04 Å². The van der Waals surface area contributed by atoms with Gasteiger partial charge in [0.1, 0.15) is 0 Å². The Hall–Kier alpha value is -2.72. The topological polar surface area (TPSA) is 62.8 Å². The van der Waals surface area contributed by atoms with Crippen LogP contribution < -0.4 is 11.1 Å². The first-order chi connectivity index (χ1) is 15.7. The number of hydrogen-bond acceptors (Lipinski definition) is 4. The van der Waals surface area contributed by atoms with Gasteiger partial charge >= 0.3 is 0 Å². The minimum atomic E-state index is 0.469. The van der Waals surface area contributed by atoms with Crippen LogP contribution in [-0.4, -0.2) is 30.6 Å². The fourth-order valence-electron chi connectivity index (χ4n) is 5.20. The predicted molar refractivity (Wildman–Crippen MR) is 135 cm³/mol. The number of aryl methyl sites for hydroxylation is 1. The molecule has 2 fully saturated rings. The van der Waals surface area contributed by atoms with Gasteiger partial charge in [-0.3, -0.25) is 9.98 Å². The quantitative estimate of drug-likeness (QED) is 0.691. The molecule has 0 radical (unpaired) electrons. The van der Waals surface area contributed by atoms with Crippen LogP contribution in [0.4, 0.5) is 5.69 Å². The van der Waals surface area contributed by atoms with E-state index in [1.807, 2.05) is 0 Å². The van der Waals surface area contributed by atoms with Crippen LogP contribution in [0.15, 0.2) is 58.0 Å². The summed E-state index contributed by atoms with van der Waals surface area (Å²) in [5, 5.41) is 3.51. The van der Waals surface area contributed by atoms with Gasteiger partial charge in [-0.25, -0.2) is 0 Å². The van der Waals surface area contributed by atoms with E-state index >= 15 is 0 Å². The summed E-state index contributed by atoms with van der Waals surface area (Å²) in [5.74, 6) is 0. The zero-order chi connectivity index (χ0) is 21.9. The first-order valence-corrected chi connectivity index (χ1v) is 12.3. The molecule has 0 spiro atoms. The minimum Gasteiger partial charge on any atom is -0.398 e. The van der Waals surface area contributed by atoms with Gasteiger partial charge < -0.3 is 11.1 Å². The number of nitrogens with two attached hydrogens (primary N) is 1. The van der Waals surface area contributed by atoms with Crippen molar-refractivity contribution in [3.63, 3.8) is 0 Å². The van der Waals surface area contributed by atoms with Crippen LogP contribution in [0.25, 0.3) is 5.70 Å². The second-order valence-corrected chi connectivity index (χ2v) is 9.29. The third kappa shape index (κ3) is 4.29. The molecule has 3 aliphatic rings. The van der Waals surface area contributed by atoms with Crippen LogP contribution in [-0.2, 0) is 12.8 Å². The molecule has 32 heavy (non-hydrogen) atoms. The largest absolute Gasteiger partial charge is 0.398 e. The molecule has 2 aromatic rings. The minimum absolute atomic E-state index is 0.469. The third-order valence-corrected chi connectivity index (χ3v) is 7.14. The Kier molecular flexibility index (Phi) is 6.22. The summed E-state index contributed by atoms with van der Waals surface area (Å²) in [6.45, 7) is 3.95. The number of nitrogens with one attached hydrogen (secondary N) is 1. The van der Waals surface area contributed by atoms with E-state index in [9.17, 15) is 0 Å². The summed E-state index contributed by atoms with van der Waals surface area (Å²) in [7, 11) is 0. The van der Waals surface area contributed by atoms with Crippen LogP contribution in [0.5, 0.6) is 0 Å². The van der Waals surface area contributed by atoms with E-state index in [4.69, 9.17) is 15.7 Å². The van der Waals surface area contributed by atoms with Crippen LogP contribution in [0, 0.1) is 0 Å². The maximum atomic E-state index is 6.85. The molecule has 1 saturated carbocycles. The van der Waals surface area contributed by atoms with Gasteiger partial charge in [-0.05, 0) is 36.0 Å². The highest BCUT2D eigenvalue weighted by Gasteiger charge is 2.24. The lowest BCUT2D eigenvalue weighted by Crippen LogP contribution is -2.33. The molecule has 0 aromatic heterocycles. The van der Waals surface area contributed by atoms with Crippen LogP contribution in [0.3, 0.4) is 0 Å².